The van der Waals surface area contributed by atoms with E-state index in [-0.39, 0.29) is 12.4 Å². The third-order valence-corrected chi connectivity index (χ3v) is 2.98. The Morgan fingerprint density at radius 2 is 1.82 bits per heavy atom. The number of benzene rings is 2. The van der Waals surface area contributed by atoms with Crippen LogP contribution in [0, 0.1) is 19.7 Å². The minimum Gasteiger partial charge on any atom is -0.326 e. The van der Waals surface area contributed by atoms with Crippen molar-refractivity contribution in [3.63, 3.8) is 0 Å². The van der Waals surface area contributed by atoms with Crippen molar-refractivity contribution in [2.75, 3.05) is 0 Å². The Morgan fingerprint density at radius 3 is 2.47 bits per heavy atom. The Bertz CT molecular complexity index is 547. The highest BCUT2D eigenvalue weighted by atomic mass is 19.1. The first kappa shape index (κ1) is 11.8. The van der Waals surface area contributed by atoms with Gasteiger partial charge in [-0.15, -0.1) is 0 Å². The monoisotopic (exact) mass is 229 g/mol. The second kappa shape index (κ2) is 4.68. The van der Waals surface area contributed by atoms with Gasteiger partial charge in [-0.2, -0.15) is 0 Å². The molecular formula is C15H16FN. The van der Waals surface area contributed by atoms with Crippen molar-refractivity contribution in [3.8, 4) is 11.1 Å². The summed E-state index contributed by atoms with van der Waals surface area (Å²) in [7, 11) is 0. The summed E-state index contributed by atoms with van der Waals surface area (Å²) in [6, 6.07) is 11.4. The molecular weight excluding hydrogens is 213 g/mol. The van der Waals surface area contributed by atoms with Gasteiger partial charge in [-0.25, -0.2) is 4.39 Å². The van der Waals surface area contributed by atoms with Crippen LogP contribution in [0.25, 0.3) is 11.1 Å². The van der Waals surface area contributed by atoms with Gasteiger partial charge >= 0.3 is 0 Å². The van der Waals surface area contributed by atoms with E-state index in [4.69, 9.17) is 5.73 Å². The highest BCUT2D eigenvalue weighted by molar-refractivity contribution is 5.68. The predicted octanol–water partition coefficient (Wildman–Crippen LogP) is 3.57. The summed E-state index contributed by atoms with van der Waals surface area (Å²) in [5.74, 6) is -0.231. The summed E-state index contributed by atoms with van der Waals surface area (Å²) in [4.78, 5) is 0. The maximum Gasteiger partial charge on any atom is 0.128 e. The highest BCUT2D eigenvalue weighted by Gasteiger charge is 2.06. The second-order valence-corrected chi connectivity index (χ2v) is 4.33. The smallest absolute Gasteiger partial charge is 0.128 e. The molecule has 17 heavy (non-hydrogen) atoms. The lowest BCUT2D eigenvalue weighted by Crippen LogP contribution is -1.99. The Labute approximate surface area is 101 Å². The second-order valence-electron chi connectivity index (χ2n) is 4.33. The molecule has 2 aromatic carbocycles. The van der Waals surface area contributed by atoms with Crippen molar-refractivity contribution in [1.82, 2.24) is 0 Å². The molecule has 0 radical (unpaired) electrons. The molecule has 0 aromatic heterocycles. The van der Waals surface area contributed by atoms with Gasteiger partial charge in [0, 0.05) is 12.1 Å². The van der Waals surface area contributed by atoms with Crippen molar-refractivity contribution in [1.29, 1.82) is 0 Å². The molecule has 0 saturated heterocycles. The molecule has 0 unspecified atom stereocenters. The molecule has 0 aliphatic carbocycles. The molecule has 0 aliphatic heterocycles. The standard InChI is InChI=1S/C15H16FN/c1-10-3-4-11(2)14(7-10)12-5-6-13(9-17)15(16)8-12/h3-8H,9,17H2,1-2H3. The lowest BCUT2D eigenvalue weighted by Gasteiger charge is -2.09. The molecule has 0 fully saturated rings. The molecule has 0 spiro atoms. The molecule has 0 atom stereocenters. The summed E-state index contributed by atoms with van der Waals surface area (Å²) < 4.78 is 13.7. The maximum absolute atomic E-state index is 13.7. The van der Waals surface area contributed by atoms with Crippen LogP contribution in [0.4, 0.5) is 4.39 Å². The van der Waals surface area contributed by atoms with E-state index in [2.05, 4.69) is 18.2 Å². The number of halogens is 1. The van der Waals surface area contributed by atoms with Crippen LogP contribution in [0.5, 0.6) is 0 Å². The molecule has 0 saturated carbocycles. The average Bonchev–Trinajstić information content (AvgIpc) is 2.32. The number of hydrogen-bond acceptors (Lipinski definition) is 1. The van der Waals surface area contributed by atoms with Gasteiger partial charge < -0.3 is 5.73 Å². The predicted molar refractivity (Wildman–Crippen MR) is 69.2 cm³/mol. The van der Waals surface area contributed by atoms with Crippen LogP contribution in [0.1, 0.15) is 16.7 Å². The van der Waals surface area contributed by atoms with Crippen LogP contribution in [0.2, 0.25) is 0 Å². The SMILES string of the molecule is Cc1ccc(C)c(-c2ccc(CN)c(F)c2)c1. The summed E-state index contributed by atoms with van der Waals surface area (Å²) in [5.41, 5.74) is 10.3. The first-order chi connectivity index (χ1) is 8.11. The van der Waals surface area contributed by atoms with Gasteiger partial charge in [-0.05, 0) is 36.6 Å². The summed E-state index contributed by atoms with van der Waals surface area (Å²) in [6.07, 6.45) is 0. The molecule has 88 valence electrons. The van der Waals surface area contributed by atoms with Gasteiger partial charge in [0.05, 0.1) is 0 Å². The molecule has 1 nitrogen and oxygen atoms in total. The largest absolute Gasteiger partial charge is 0.326 e. The zero-order chi connectivity index (χ0) is 12.4. The first-order valence-corrected chi connectivity index (χ1v) is 5.68. The Balaban J connectivity index is 2.53. The fraction of sp³-hybridized carbons (Fsp3) is 0.200. The quantitative estimate of drug-likeness (QED) is 0.837. The van der Waals surface area contributed by atoms with E-state index in [1.807, 2.05) is 19.9 Å². The molecule has 2 N–H and O–H groups in total. The number of hydrogen-bond donors (Lipinski definition) is 1. The Kier molecular flexibility index (Phi) is 3.25. The third kappa shape index (κ3) is 2.37. The van der Waals surface area contributed by atoms with Crippen molar-refractivity contribution < 1.29 is 4.39 Å². The van der Waals surface area contributed by atoms with E-state index in [1.165, 1.54) is 5.56 Å². The molecule has 2 rings (SSSR count). The first-order valence-electron chi connectivity index (χ1n) is 5.68. The molecule has 2 aromatic rings. The van der Waals surface area contributed by atoms with Crippen LogP contribution in [0.15, 0.2) is 36.4 Å². The van der Waals surface area contributed by atoms with Crippen LogP contribution in [0.3, 0.4) is 0 Å². The molecule has 0 aliphatic rings. The van der Waals surface area contributed by atoms with Gasteiger partial charge in [-0.1, -0.05) is 35.9 Å². The summed E-state index contributed by atoms with van der Waals surface area (Å²) in [5, 5.41) is 0. The average molecular weight is 229 g/mol. The van der Waals surface area contributed by atoms with E-state index >= 15 is 0 Å². The van der Waals surface area contributed by atoms with Crippen LogP contribution in [-0.2, 0) is 6.54 Å². The molecule has 0 heterocycles. The van der Waals surface area contributed by atoms with Crippen LogP contribution >= 0.6 is 0 Å². The van der Waals surface area contributed by atoms with E-state index in [0.29, 0.717) is 5.56 Å². The van der Waals surface area contributed by atoms with Gasteiger partial charge in [0.15, 0.2) is 0 Å². The molecule has 0 amide bonds. The number of nitrogens with two attached hydrogens (primary N) is 1. The number of rotatable bonds is 2. The van der Waals surface area contributed by atoms with Gasteiger partial charge in [0.2, 0.25) is 0 Å². The van der Waals surface area contributed by atoms with Gasteiger partial charge in [-0.3, -0.25) is 0 Å². The van der Waals surface area contributed by atoms with Crippen molar-refractivity contribution in [3.05, 3.63) is 58.9 Å². The van der Waals surface area contributed by atoms with Crippen molar-refractivity contribution in [2.45, 2.75) is 20.4 Å². The zero-order valence-electron chi connectivity index (χ0n) is 10.1. The molecule has 0 bridgehead atoms. The normalized spacial score (nSPS) is 10.6. The van der Waals surface area contributed by atoms with E-state index in [0.717, 1.165) is 16.7 Å². The van der Waals surface area contributed by atoms with E-state index < -0.39 is 0 Å². The fourth-order valence-electron chi connectivity index (χ4n) is 1.93. The minimum atomic E-state index is -0.231. The Hall–Kier alpha value is -1.67. The Morgan fingerprint density at radius 1 is 1.06 bits per heavy atom. The van der Waals surface area contributed by atoms with Crippen LogP contribution < -0.4 is 5.73 Å². The summed E-state index contributed by atoms with van der Waals surface area (Å²) >= 11 is 0. The minimum absolute atomic E-state index is 0.231. The van der Waals surface area contributed by atoms with Crippen LogP contribution in [-0.4, -0.2) is 0 Å². The van der Waals surface area contributed by atoms with E-state index in [9.17, 15) is 4.39 Å². The lowest BCUT2D eigenvalue weighted by molar-refractivity contribution is 0.611. The number of aryl methyl sites for hydroxylation is 2. The zero-order valence-corrected chi connectivity index (χ0v) is 10.1. The van der Waals surface area contributed by atoms with E-state index in [1.54, 1.807) is 12.1 Å². The topological polar surface area (TPSA) is 26.0 Å². The third-order valence-electron chi connectivity index (χ3n) is 2.98. The summed E-state index contributed by atoms with van der Waals surface area (Å²) in [6.45, 7) is 4.30. The van der Waals surface area contributed by atoms with Gasteiger partial charge in [0.1, 0.15) is 5.82 Å². The highest BCUT2D eigenvalue weighted by Crippen LogP contribution is 2.26. The van der Waals surface area contributed by atoms with Crippen molar-refractivity contribution in [2.24, 2.45) is 5.73 Å². The van der Waals surface area contributed by atoms with Crippen molar-refractivity contribution >= 4 is 0 Å². The molecule has 2 heteroatoms. The fourth-order valence-corrected chi connectivity index (χ4v) is 1.93. The van der Waals surface area contributed by atoms with Gasteiger partial charge in [0.25, 0.3) is 0 Å². The lowest BCUT2D eigenvalue weighted by atomic mass is 9.97. The maximum atomic E-state index is 13.7.